The van der Waals surface area contributed by atoms with Gasteiger partial charge in [-0.3, -0.25) is 0 Å². The molecular formula is C12H7F5N2. The first-order valence-corrected chi connectivity index (χ1v) is 5.07. The Bertz CT molecular complexity index is 605. The van der Waals surface area contributed by atoms with Crippen LogP contribution in [0.4, 0.5) is 27.6 Å². The van der Waals surface area contributed by atoms with Crippen molar-refractivity contribution in [2.24, 2.45) is 0 Å². The Hall–Kier alpha value is -2.18. The van der Waals surface area contributed by atoms with Gasteiger partial charge < -0.3 is 5.73 Å². The molecule has 0 unspecified atom stereocenters. The van der Waals surface area contributed by atoms with Crippen molar-refractivity contribution in [1.82, 2.24) is 4.98 Å². The molecule has 0 aliphatic heterocycles. The van der Waals surface area contributed by atoms with Crippen molar-refractivity contribution in [3.05, 3.63) is 47.8 Å². The van der Waals surface area contributed by atoms with Crippen LogP contribution in [-0.4, -0.2) is 4.98 Å². The number of anilines is 1. The summed E-state index contributed by atoms with van der Waals surface area (Å²) in [7, 11) is 0. The molecule has 19 heavy (non-hydrogen) atoms. The lowest BCUT2D eigenvalue weighted by Gasteiger charge is -2.14. The first-order valence-electron chi connectivity index (χ1n) is 5.07. The fourth-order valence-electron chi connectivity index (χ4n) is 1.60. The van der Waals surface area contributed by atoms with Crippen LogP contribution in [0.2, 0.25) is 0 Å². The number of rotatable bonds is 1. The maximum absolute atomic E-state index is 13.3. The van der Waals surface area contributed by atoms with Crippen molar-refractivity contribution in [3.63, 3.8) is 0 Å². The lowest BCUT2D eigenvalue weighted by atomic mass is 9.99. The summed E-state index contributed by atoms with van der Waals surface area (Å²) in [6.07, 6.45) is -3.80. The third kappa shape index (κ3) is 2.64. The Balaban J connectivity index is 2.67. The van der Waals surface area contributed by atoms with Gasteiger partial charge in [-0.2, -0.15) is 17.6 Å². The van der Waals surface area contributed by atoms with E-state index in [1.54, 1.807) is 0 Å². The van der Waals surface area contributed by atoms with E-state index in [0.717, 1.165) is 18.3 Å². The maximum Gasteiger partial charge on any atom is 0.417 e. The Morgan fingerprint density at radius 2 is 1.74 bits per heavy atom. The van der Waals surface area contributed by atoms with Gasteiger partial charge in [0.05, 0.1) is 11.3 Å². The van der Waals surface area contributed by atoms with Gasteiger partial charge in [-0.15, -0.1) is 0 Å². The Kier molecular flexibility index (Phi) is 3.13. The van der Waals surface area contributed by atoms with Crippen LogP contribution >= 0.6 is 0 Å². The van der Waals surface area contributed by atoms with E-state index in [-0.39, 0.29) is 5.56 Å². The summed E-state index contributed by atoms with van der Waals surface area (Å²) in [4.78, 5) is 3.24. The van der Waals surface area contributed by atoms with Crippen LogP contribution < -0.4 is 5.73 Å². The van der Waals surface area contributed by atoms with E-state index in [0.29, 0.717) is 12.1 Å². The van der Waals surface area contributed by atoms with Crippen molar-refractivity contribution in [2.75, 3.05) is 5.73 Å². The summed E-state index contributed by atoms with van der Waals surface area (Å²) in [5.41, 5.74) is 2.95. The average molecular weight is 274 g/mol. The van der Waals surface area contributed by atoms with Crippen LogP contribution in [0.15, 0.2) is 30.5 Å². The summed E-state index contributed by atoms with van der Waals surface area (Å²) < 4.78 is 64.5. The number of aromatic nitrogens is 1. The summed E-state index contributed by atoms with van der Waals surface area (Å²) in [5.74, 6) is -1.82. The summed E-state index contributed by atoms with van der Waals surface area (Å²) in [6, 6.07) is 3.15. The molecule has 0 aliphatic rings. The predicted octanol–water partition coefficient (Wildman–Crippen LogP) is 3.63. The van der Waals surface area contributed by atoms with Crippen LogP contribution in [0.5, 0.6) is 0 Å². The fourth-order valence-corrected chi connectivity index (χ4v) is 1.60. The molecule has 0 saturated carbocycles. The molecule has 2 nitrogen and oxygen atoms in total. The minimum atomic E-state index is -4.70. The van der Waals surface area contributed by atoms with Gasteiger partial charge in [0, 0.05) is 11.8 Å². The van der Waals surface area contributed by atoms with Crippen LogP contribution in [0, 0.1) is 11.8 Å². The number of alkyl halides is 3. The molecule has 0 spiro atoms. The van der Waals surface area contributed by atoms with E-state index in [4.69, 9.17) is 5.73 Å². The third-order valence-electron chi connectivity index (χ3n) is 2.48. The zero-order valence-electron chi connectivity index (χ0n) is 9.30. The highest BCUT2D eigenvalue weighted by Crippen LogP contribution is 2.38. The number of nitrogens with two attached hydrogens (primary N) is 1. The van der Waals surface area contributed by atoms with Gasteiger partial charge in [0.15, 0.2) is 0 Å². The zero-order valence-corrected chi connectivity index (χ0v) is 9.30. The highest BCUT2D eigenvalue weighted by molar-refractivity contribution is 5.70. The quantitative estimate of drug-likeness (QED) is 0.490. The number of halogens is 5. The monoisotopic (exact) mass is 274 g/mol. The van der Waals surface area contributed by atoms with Crippen molar-refractivity contribution in [1.29, 1.82) is 0 Å². The van der Waals surface area contributed by atoms with Gasteiger partial charge in [0.25, 0.3) is 0 Å². The van der Waals surface area contributed by atoms with Crippen LogP contribution in [0.1, 0.15) is 5.56 Å². The van der Waals surface area contributed by atoms with Gasteiger partial charge in [-0.05, 0) is 29.8 Å². The van der Waals surface area contributed by atoms with E-state index >= 15 is 0 Å². The fraction of sp³-hybridized carbons (Fsp3) is 0.0833. The van der Waals surface area contributed by atoms with E-state index in [2.05, 4.69) is 4.98 Å². The molecule has 2 aromatic rings. The lowest BCUT2D eigenvalue weighted by Crippen LogP contribution is -2.09. The lowest BCUT2D eigenvalue weighted by molar-refractivity contribution is -0.137. The first kappa shape index (κ1) is 13.3. The standard InChI is InChI=1S/C12H7F5N2/c13-9-3-7(6-1-2-11(14)19-5-6)8(4-10(9)18)12(15,16)17/h1-5H,18H2. The second kappa shape index (κ2) is 4.49. The second-order valence-corrected chi connectivity index (χ2v) is 3.79. The molecule has 0 saturated heterocycles. The van der Waals surface area contributed by atoms with Crippen molar-refractivity contribution in [2.45, 2.75) is 6.18 Å². The Morgan fingerprint density at radius 1 is 1.05 bits per heavy atom. The molecule has 7 heteroatoms. The van der Waals surface area contributed by atoms with Gasteiger partial charge in [0.2, 0.25) is 5.95 Å². The minimum Gasteiger partial charge on any atom is -0.396 e. The predicted molar refractivity (Wildman–Crippen MR) is 59.0 cm³/mol. The summed E-state index contributed by atoms with van der Waals surface area (Å²) >= 11 is 0. The second-order valence-electron chi connectivity index (χ2n) is 3.79. The molecular weight excluding hydrogens is 267 g/mol. The molecule has 1 aromatic heterocycles. The number of nitrogen functional groups attached to an aromatic ring is 1. The van der Waals surface area contributed by atoms with E-state index in [1.807, 2.05) is 0 Å². The number of nitrogens with zero attached hydrogens (tertiary/aromatic N) is 1. The molecule has 0 bridgehead atoms. The topological polar surface area (TPSA) is 38.9 Å². The molecule has 0 atom stereocenters. The van der Waals surface area contributed by atoms with Crippen molar-refractivity contribution in [3.8, 4) is 11.1 Å². The van der Waals surface area contributed by atoms with Crippen LogP contribution in [0.3, 0.4) is 0 Å². The summed E-state index contributed by atoms with van der Waals surface area (Å²) in [6.45, 7) is 0. The largest absolute Gasteiger partial charge is 0.417 e. The maximum atomic E-state index is 13.3. The Morgan fingerprint density at radius 3 is 2.26 bits per heavy atom. The van der Waals surface area contributed by atoms with Crippen LogP contribution in [0.25, 0.3) is 11.1 Å². The van der Waals surface area contributed by atoms with Gasteiger partial charge in [0.1, 0.15) is 5.82 Å². The highest BCUT2D eigenvalue weighted by Gasteiger charge is 2.34. The molecule has 1 aromatic carbocycles. The highest BCUT2D eigenvalue weighted by atomic mass is 19.4. The average Bonchev–Trinajstić information content (AvgIpc) is 2.32. The van der Waals surface area contributed by atoms with Crippen LogP contribution in [-0.2, 0) is 6.18 Å². The molecule has 1 heterocycles. The summed E-state index contributed by atoms with van der Waals surface area (Å²) in [5, 5.41) is 0. The minimum absolute atomic E-state index is 0.0485. The van der Waals surface area contributed by atoms with Crippen molar-refractivity contribution >= 4 is 5.69 Å². The molecule has 0 aliphatic carbocycles. The van der Waals surface area contributed by atoms with E-state index < -0.39 is 34.8 Å². The van der Waals surface area contributed by atoms with Gasteiger partial charge in [-0.1, -0.05) is 0 Å². The molecule has 0 radical (unpaired) electrons. The van der Waals surface area contributed by atoms with Gasteiger partial charge in [-0.25, -0.2) is 9.37 Å². The molecule has 0 fully saturated rings. The molecule has 100 valence electrons. The molecule has 0 amide bonds. The van der Waals surface area contributed by atoms with Crippen molar-refractivity contribution < 1.29 is 22.0 Å². The number of hydrogen-bond acceptors (Lipinski definition) is 2. The SMILES string of the molecule is Nc1cc(C(F)(F)F)c(-c2ccc(F)nc2)cc1F. The zero-order chi connectivity index (χ0) is 14.2. The number of benzene rings is 1. The Labute approximate surface area is 104 Å². The van der Waals surface area contributed by atoms with E-state index in [9.17, 15) is 22.0 Å². The molecule has 2 N–H and O–H groups in total. The molecule has 2 rings (SSSR count). The number of pyridine rings is 1. The van der Waals surface area contributed by atoms with E-state index in [1.165, 1.54) is 0 Å². The number of hydrogen-bond donors (Lipinski definition) is 1. The normalized spacial score (nSPS) is 11.6. The van der Waals surface area contributed by atoms with Gasteiger partial charge >= 0.3 is 6.18 Å². The smallest absolute Gasteiger partial charge is 0.396 e. The first-order chi connectivity index (χ1) is 8.79. The third-order valence-corrected chi connectivity index (χ3v) is 2.48.